The van der Waals surface area contributed by atoms with Crippen LogP contribution in [0.2, 0.25) is 0 Å². The summed E-state index contributed by atoms with van der Waals surface area (Å²) in [5, 5.41) is 15.8. The van der Waals surface area contributed by atoms with Crippen molar-refractivity contribution in [3.63, 3.8) is 0 Å². The Bertz CT molecular complexity index is 408. The van der Waals surface area contributed by atoms with Gasteiger partial charge >= 0.3 is 0 Å². The van der Waals surface area contributed by atoms with Gasteiger partial charge in [-0.15, -0.1) is 0 Å². The minimum absolute atomic E-state index is 0.155. The second-order valence-corrected chi connectivity index (χ2v) is 5.40. The van der Waals surface area contributed by atoms with E-state index in [2.05, 4.69) is 48.3 Å². The topological polar surface area (TPSA) is 70.1 Å². The smallest absolute Gasteiger partial charge is 0.135 e. The molecule has 0 fully saturated rings. The van der Waals surface area contributed by atoms with Gasteiger partial charge < -0.3 is 15.7 Å². The number of aliphatic hydroxyl groups is 1. The van der Waals surface area contributed by atoms with Crippen LogP contribution in [0.4, 0.5) is 11.6 Å². The molecule has 1 atom stereocenters. The van der Waals surface area contributed by atoms with E-state index < -0.39 is 0 Å². The van der Waals surface area contributed by atoms with E-state index in [4.69, 9.17) is 0 Å². The Morgan fingerprint density at radius 2 is 1.95 bits per heavy atom. The fraction of sp³-hybridized carbons (Fsp3) is 0.714. The normalized spacial score (nSPS) is 14.3. The van der Waals surface area contributed by atoms with Gasteiger partial charge in [-0.3, -0.25) is 0 Å². The minimum Gasteiger partial charge on any atom is -0.396 e. The number of hydrogen-bond acceptors (Lipinski definition) is 5. The predicted octanol–water partition coefficient (Wildman–Crippen LogP) is 2.60. The highest BCUT2D eigenvalue weighted by atomic mass is 16.3. The van der Waals surface area contributed by atoms with E-state index in [-0.39, 0.29) is 12.1 Å². The highest BCUT2D eigenvalue weighted by Crippen LogP contribution is 2.31. The van der Waals surface area contributed by atoms with E-state index in [1.54, 1.807) is 6.33 Å². The molecule has 0 saturated heterocycles. The van der Waals surface area contributed by atoms with Crippen molar-refractivity contribution in [2.45, 2.75) is 52.0 Å². The van der Waals surface area contributed by atoms with Crippen molar-refractivity contribution < 1.29 is 5.11 Å². The molecule has 0 aliphatic heterocycles. The zero-order valence-electron chi connectivity index (χ0n) is 12.6. The monoisotopic (exact) mass is 266 g/mol. The number of nitrogens with one attached hydrogen (secondary N) is 2. The van der Waals surface area contributed by atoms with E-state index in [1.165, 1.54) is 0 Å². The van der Waals surface area contributed by atoms with Gasteiger partial charge in [-0.1, -0.05) is 20.8 Å². The Morgan fingerprint density at radius 1 is 1.32 bits per heavy atom. The summed E-state index contributed by atoms with van der Waals surface area (Å²) in [4.78, 5) is 8.65. The van der Waals surface area contributed by atoms with E-state index in [0.29, 0.717) is 12.3 Å². The standard InChI is InChI=1S/C14H26N4O/c1-6-14(4,7-8-19)18-13-11(10(2)3)12(15-5)16-9-17-13/h9-10,19H,6-8H2,1-5H3,(H2,15,16,17,18). The van der Waals surface area contributed by atoms with Crippen molar-refractivity contribution in [1.82, 2.24) is 9.97 Å². The summed E-state index contributed by atoms with van der Waals surface area (Å²) in [6.07, 6.45) is 3.18. The molecule has 1 aromatic heterocycles. The van der Waals surface area contributed by atoms with Crippen LogP contribution in [-0.2, 0) is 0 Å². The zero-order valence-corrected chi connectivity index (χ0v) is 12.6. The third-order valence-corrected chi connectivity index (χ3v) is 3.56. The number of aliphatic hydroxyl groups excluding tert-OH is 1. The molecule has 0 bridgehead atoms. The summed E-state index contributed by atoms with van der Waals surface area (Å²) in [7, 11) is 1.87. The summed E-state index contributed by atoms with van der Waals surface area (Å²) in [6, 6.07) is 0. The molecule has 0 aromatic carbocycles. The molecule has 0 spiro atoms. The molecule has 0 aliphatic carbocycles. The van der Waals surface area contributed by atoms with Gasteiger partial charge in [-0.05, 0) is 25.7 Å². The van der Waals surface area contributed by atoms with Crippen LogP contribution in [0.25, 0.3) is 0 Å². The average molecular weight is 266 g/mol. The third kappa shape index (κ3) is 3.80. The van der Waals surface area contributed by atoms with Gasteiger partial charge in [0.15, 0.2) is 0 Å². The van der Waals surface area contributed by atoms with Crippen LogP contribution in [0, 0.1) is 0 Å². The Kier molecular flexibility index (Phi) is 5.54. The second kappa shape index (κ2) is 6.70. The Morgan fingerprint density at radius 3 is 2.42 bits per heavy atom. The number of rotatable bonds is 7. The van der Waals surface area contributed by atoms with Gasteiger partial charge in [0.25, 0.3) is 0 Å². The van der Waals surface area contributed by atoms with Crippen molar-refractivity contribution in [3.8, 4) is 0 Å². The van der Waals surface area contributed by atoms with Crippen molar-refractivity contribution in [2.24, 2.45) is 0 Å². The Balaban J connectivity index is 3.12. The maximum Gasteiger partial charge on any atom is 0.135 e. The highest BCUT2D eigenvalue weighted by molar-refractivity contribution is 5.59. The first-order chi connectivity index (χ1) is 8.97. The van der Waals surface area contributed by atoms with Crippen LogP contribution in [0.5, 0.6) is 0 Å². The van der Waals surface area contributed by atoms with Crippen LogP contribution >= 0.6 is 0 Å². The lowest BCUT2D eigenvalue weighted by molar-refractivity contribution is 0.251. The van der Waals surface area contributed by atoms with Gasteiger partial charge in [0.05, 0.1) is 0 Å². The fourth-order valence-corrected chi connectivity index (χ4v) is 2.10. The van der Waals surface area contributed by atoms with Gasteiger partial charge in [-0.2, -0.15) is 0 Å². The van der Waals surface area contributed by atoms with Gasteiger partial charge in [0, 0.05) is 24.8 Å². The quantitative estimate of drug-likeness (QED) is 0.707. The van der Waals surface area contributed by atoms with Crippen molar-refractivity contribution >= 4 is 11.6 Å². The van der Waals surface area contributed by atoms with E-state index in [1.807, 2.05) is 7.05 Å². The second-order valence-electron chi connectivity index (χ2n) is 5.40. The largest absolute Gasteiger partial charge is 0.396 e. The fourth-order valence-electron chi connectivity index (χ4n) is 2.10. The Labute approximate surface area is 115 Å². The lowest BCUT2D eigenvalue weighted by atomic mass is 9.94. The molecule has 108 valence electrons. The SMILES string of the molecule is CCC(C)(CCO)Nc1ncnc(NC)c1C(C)C. The predicted molar refractivity (Wildman–Crippen MR) is 79.7 cm³/mol. The van der Waals surface area contributed by atoms with E-state index >= 15 is 0 Å². The number of nitrogens with zero attached hydrogens (tertiary/aromatic N) is 2. The molecule has 0 amide bonds. The van der Waals surface area contributed by atoms with Crippen LogP contribution in [-0.4, -0.2) is 34.3 Å². The summed E-state index contributed by atoms with van der Waals surface area (Å²) in [5.74, 6) is 2.03. The van der Waals surface area contributed by atoms with Crippen LogP contribution in [0.3, 0.4) is 0 Å². The Hall–Kier alpha value is -1.36. The maximum absolute atomic E-state index is 9.21. The molecule has 19 heavy (non-hydrogen) atoms. The van der Waals surface area contributed by atoms with Gasteiger partial charge in [0.1, 0.15) is 18.0 Å². The molecular weight excluding hydrogens is 240 g/mol. The molecule has 1 rings (SSSR count). The number of anilines is 2. The molecule has 5 heteroatoms. The molecule has 0 aliphatic rings. The molecule has 3 N–H and O–H groups in total. The number of aromatic nitrogens is 2. The summed E-state index contributed by atoms with van der Waals surface area (Å²) < 4.78 is 0. The molecule has 5 nitrogen and oxygen atoms in total. The van der Waals surface area contributed by atoms with E-state index in [0.717, 1.165) is 23.6 Å². The van der Waals surface area contributed by atoms with Crippen molar-refractivity contribution in [2.75, 3.05) is 24.3 Å². The minimum atomic E-state index is -0.155. The zero-order chi connectivity index (χ0) is 14.5. The first kappa shape index (κ1) is 15.7. The molecule has 1 aromatic rings. The summed E-state index contributed by atoms with van der Waals surface area (Å²) in [5.41, 5.74) is 0.931. The van der Waals surface area contributed by atoms with Crippen LogP contribution in [0.15, 0.2) is 6.33 Å². The maximum atomic E-state index is 9.21. The lowest BCUT2D eigenvalue weighted by Gasteiger charge is -2.31. The molecule has 1 unspecified atom stereocenters. The van der Waals surface area contributed by atoms with Crippen molar-refractivity contribution in [3.05, 3.63) is 11.9 Å². The number of hydrogen-bond donors (Lipinski definition) is 3. The van der Waals surface area contributed by atoms with Crippen LogP contribution in [0.1, 0.15) is 52.0 Å². The first-order valence-electron chi connectivity index (χ1n) is 6.89. The summed E-state index contributed by atoms with van der Waals surface area (Å²) in [6.45, 7) is 8.63. The summed E-state index contributed by atoms with van der Waals surface area (Å²) >= 11 is 0. The van der Waals surface area contributed by atoms with Gasteiger partial charge in [0.2, 0.25) is 0 Å². The third-order valence-electron chi connectivity index (χ3n) is 3.56. The molecule has 0 saturated carbocycles. The molecular formula is C14H26N4O. The first-order valence-corrected chi connectivity index (χ1v) is 6.89. The average Bonchev–Trinajstić information content (AvgIpc) is 2.38. The molecule has 1 heterocycles. The van der Waals surface area contributed by atoms with Gasteiger partial charge in [-0.25, -0.2) is 9.97 Å². The van der Waals surface area contributed by atoms with Crippen molar-refractivity contribution in [1.29, 1.82) is 0 Å². The highest BCUT2D eigenvalue weighted by Gasteiger charge is 2.24. The lowest BCUT2D eigenvalue weighted by Crippen LogP contribution is -2.36. The van der Waals surface area contributed by atoms with E-state index in [9.17, 15) is 5.11 Å². The van der Waals surface area contributed by atoms with Crippen LogP contribution < -0.4 is 10.6 Å². The molecule has 0 radical (unpaired) electrons.